The monoisotopic (exact) mass is 310 g/mol. The SMILES string of the molecule is COc1c(C(=O)NCCN(C)C)ccc2c1C=CS2(=O)=O. The van der Waals surface area contributed by atoms with E-state index in [0.29, 0.717) is 24.2 Å². The second-order valence-electron chi connectivity index (χ2n) is 4.97. The molecule has 1 heterocycles. The molecule has 1 aromatic rings. The summed E-state index contributed by atoms with van der Waals surface area (Å²) in [7, 11) is 1.84. The van der Waals surface area contributed by atoms with E-state index in [2.05, 4.69) is 5.32 Å². The van der Waals surface area contributed by atoms with Gasteiger partial charge in [0.05, 0.1) is 17.6 Å². The van der Waals surface area contributed by atoms with Gasteiger partial charge in [-0.1, -0.05) is 0 Å². The second-order valence-corrected chi connectivity index (χ2v) is 6.77. The molecule has 1 amide bonds. The Morgan fingerprint density at radius 2 is 2.05 bits per heavy atom. The predicted molar refractivity (Wildman–Crippen MR) is 80.1 cm³/mol. The van der Waals surface area contributed by atoms with Crippen LogP contribution in [0.1, 0.15) is 15.9 Å². The minimum atomic E-state index is -3.41. The number of fused-ring (bicyclic) bond motifs is 1. The summed E-state index contributed by atoms with van der Waals surface area (Å²) >= 11 is 0. The van der Waals surface area contributed by atoms with Gasteiger partial charge in [0.25, 0.3) is 5.91 Å². The van der Waals surface area contributed by atoms with Gasteiger partial charge in [0.2, 0.25) is 9.84 Å². The van der Waals surface area contributed by atoms with Crippen LogP contribution in [-0.2, 0) is 9.84 Å². The molecule has 1 N–H and O–H groups in total. The molecule has 0 atom stereocenters. The Bertz CT molecular complexity index is 693. The number of nitrogens with one attached hydrogen (secondary N) is 1. The molecule has 0 saturated heterocycles. The highest BCUT2D eigenvalue weighted by molar-refractivity contribution is 7.94. The number of carbonyl (C=O) groups is 1. The number of carbonyl (C=O) groups excluding carboxylic acids is 1. The lowest BCUT2D eigenvalue weighted by Crippen LogP contribution is -2.31. The molecule has 0 spiro atoms. The maximum absolute atomic E-state index is 12.2. The maximum Gasteiger partial charge on any atom is 0.255 e. The number of amides is 1. The van der Waals surface area contributed by atoms with Crippen LogP contribution in [0.25, 0.3) is 6.08 Å². The Labute approximate surface area is 124 Å². The van der Waals surface area contributed by atoms with Gasteiger partial charge in [-0.2, -0.15) is 0 Å². The fourth-order valence-electron chi connectivity index (χ4n) is 2.11. The summed E-state index contributed by atoms with van der Waals surface area (Å²) in [5.41, 5.74) is 0.759. The van der Waals surface area contributed by atoms with Crippen LogP contribution in [0, 0.1) is 0 Å². The largest absolute Gasteiger partial charge is 0.495 e. The zero-order valence-corrected chi connectivity index (χ0v) is 13.0. The van der Waals surface area contributed by atoms with Crippen molar-refractivity contribution in [3.8, 4) is 5.75 Å². The van der Waals surface area contributed by atoms with E-state index in [1.165, 1.54) is 25.3 Å². The van der Waals surface area contributed by atoms with Gasteiger partial charge in [0.15, 0.2) is 0 Å². The van der Waals surface area contributed by atoms with Crippen LogP contribution in [0.15, 0.2) is 22.4 Å². The number of methoxy groups -OCH3 is 1. The fraction of sp³-hybridized carbons (Fsp3) is 0.357. The van der Waals surface area contributed by atoms with Gasteiger partial charge in [-0.3, -0.25) is 4.79 Å². The fourth-order valence-corrected chi connectivity index (χ4v) is 3.29. The molecule has 0 bridgehead atoms. The molecular formula is C14H18N2O4S. The first-order chi connectivity index (χ1) is 9.86. The summed E-state index contributed by atoms with van der Waals surface area (Å²) in [6, 6.07) is 2.92. The van der Waals surface area contributed by atoms with Crippen molar-refractivity contribution in [3.05, 3.63) is 28.7 Å². The van der Waals surface area contributed by atoms with Gasteiger partial charge in [0, 0.05) is 24.1 Å². The molecule has 0 unspecified atom stereocenters. The van der Waals surface area contributed by atoms with Gasteiger partial charge in [-0.15, -0.1) is 0 Å². The third-order valence-corrected chi connectivity index (χ3v) is 4.63. The number of sulfone groups is 1. The first-order valence-corrected chi connectivity index (χ1v) is 7.98. The van der Waals surface area contributed by atoms with Crippen LogP contribution in [0.2, 0.25) is 0 Å². The number of rotatable bonds is 5. The molecule has 1 aliphatic rings. The smallest absolute Gasteiger partial charge is 0.255 e. The average molecular weight is 310 g/mol. The molecule has 0 radical (unpaired) electrons. The molecule has 114 valence electrons. The zero-order chi connectivity index (χ0) is 15.6. The lowest BCUT2D eigenvalue weighted by atomic mass is 10.1. The van der Waals surface area contributed by atoms with E-state index in [-0.39, 0.29) is 16.6 Å². The van der Waals surface area contributed by atoms with Gasteiger partial charge in [-0.25, -0.2) is 8.42 Å². The van der Waals surface area contributed by atoms with Crippen molar-refractivity contribution in [2.45, 2.75) is 4.90 Å². The summed E-state index contributed by atoms with van der Waals surface area (Å²) in [6.07, 6.45) is 1.46. The quantitative estimate of drug-likeness (QED) is 0.868. The normalized spacial score (nSPS) is 15.0. The highest BCUT2D eigenvalue weighted by atomic mass is 32.2. The highest BCUT2D eigenvalue weighted by Gasteiger charge is 2.27. The van der Waals surface area contributed by atoms with E-state index in [4.69, 9.17) is 4.74 Å². The molecule has 0 aliphatic carbocycles. The summed E-state index contributed by atoms with van der Waals surface area (Å²) in [5, 5.41) is 3.90. The minimum absolute atomic E-state index is 0.171. The topological polar surface area (TPSA) is 75.7 Å². The van der Waals surface area contributed by atoms with Crippen LogP contribution in [0.3, 0.4) is 0 Å². The second kappa shape index (κ2) is 5.87. The number of likely N-dealkylation sites (N-methyl/N-ethyl adjacent to an activating group) is 1. The standard InChI is InChI=1S/C14H18N2O4S/c1-16(2)8-7-15-14(17)11-4-5-12-10(13(11)20-3)6-9-21(12,18)19/h4-6,9H,7-8H2,1-3H3,(H,15,17). The van der Waals surface area contributed by atoms with E-state index in [0.717, 1.165) is 5.41 Å². The Morgan fingerprint density at radius 3 is 2.67 bits per heavy atom. The molecule has 2 rings (SSSR count). The Hall–Kier alpha value is -1.86. The lowest BCUT2D eigenvalue weighted by molar-refractivity contribution is 0.0948. The van der Waals surface area contributed by atoms with Crippen molar-refractivity contribution in [3.63, 3.8) is 0 Å². The van der Waals surface area contributed by atoms with E-state index in [1.54, 1.807) is 0 Å². The first-order valence-electron chi connectivity index (χ1n) is 6.44. The van der Waals surface area contributed by atoms with Crippen LogP contribution in [0.5, 0.6) is 5.75 Å². The molecule has 21 heavy (non-hydrogen) atoms. The van der Waals surface area contributed by atoms with E-state index < -0.39 is 9.84 Å². The summed E-state index contributed by atoms with van der Waals surface area (Å²) in [4.78, 5) is 14.3. The molecule has 7 heteroatoms. The number of nitrogens with zero attached hydrogens (tertiary/aromatic N) is 1. The predicted octanol–water partition coefficient (Wildman–Crippen LogP) is 0.745. The molecule has 1 aliphatic heterocycles. The average Bonchev–Trinajstić information content (AvgIpc) is 2.73. The van der Waals surface area contributed by atoms with Crippen molar-refractivity contribution in [1.82, 2.24) is 10.2 Å². The third kappa shape index (κ3) is 3.08. The number of hydrogen-bond donors (Lipinski definition) is 1. The molecule has 0 aromatic heterocycles. The number of benzene rings is 1. The summed E-state index contributed by atoms with van der Waals surface area (Å²) in [5.74, 6) is 0.00127. The lowest BCUT2D eigenvalue weighted by Gasteiger charge is -2.14. The number of hydrogen-bond acceptors (Lipinski definition) is 5. The zero-order valence-electron chi connectivity index (χ0n) is 12.2. The minimum Gasteiger partial charge on any atom is -0.495 e. The van der Waals surface area contributed by atoms with E-state index >= 15 is 0 Å². The summed E-state index contributed by atoms with van der Waals surface area (Å²) in [6.45, 7) is 1.22. The van der Waals surface area contributed by atoms with Crippen LogP contribution < -0.4 is 10.1 Å². The van der Waals surface area contributed by atoms with Crippen LogP contribution >= 0.6 is 0 Å². The van der Waals surface area contributed by atoms with Crippen molar-refractivity contribution in [2.24, 2.45) is 0 Å². The molecule has 0 fully saturated rings. The first kappa shape index (κ1) is 15.5. The van der Waals surface area contributed by atoms with Gasteiger partial charge >= 0.3 is 0 Å². The third-order valence-electron chi connectivity index (χ3n) is 3.17. The van der Waals surface area contributed by atoms with Crippen molar-refractivity contribution >= 4 is 21.8 Å². The molecular weight excluding hydrogens is 292 g/mol. The molecule has 0 saturated carbocycles. The van der Waals surface area contributed by atoms with Crippen LogP contribution in [-0.4, -0.2) is 53.5 Å². The molecule has 6 nitrogen and oxygen atoms in total. The van der Waals surface area contributed by atoms with Crippen molar-refractivity contribution in [1.29, 1.82) is 0 Å². The number of ether oxygens (including phenoxy) is 1. The Morgan fingerprint density at radius 1 is 1.33 bits per heavy atom. The highest BCUT2D eigenvalue weighted by Crippen LogP contribution is 2.36. The van der Waals surface area contributed by atoms with Gasteiger partial charge in [0.1, 0.15) is 5.75 Å². The van der Waals surface area contributed by atoms with Gasteiger partial charge in [-0.05, 0) is 32.3 Å². The summed E-state index contributed by atoms with van der Waals surface area (Å²) < 4.78 is 28.8. The van der Waals surface area contributed by atoms with Gasteiger partial charge < -0.3 is 15.0 Å². The van der Waals surface area contributed by atoms with Crippen molar-refractivity contribution < 1.29 is 17.9 Å². The Balaban J connectivity index is 2.30. The maximum atomic E-state index is 12.2. The molecule has 1 aromatic carbocycles. The van der Waals surface area contributed by atoms with Crippen molar-refractivity contribution in [2.75, 3.05) is 34.3 Å². The van der Waals surface area contributed by atoms with E-state index in [1.807, 2.05) is 19.0 Å². The Kier molecular flexibility index (Phi) is 4.34. The van der Waals surface area contributed by atoms with E-state index in [9.17, 15) is 13.2 Å². The van der Waals surface area contributed by atoms with Crippen LogP contribution in [0.4, 0.5) is 0 Å².